The molecule has 2 rings (SSSR count). The van der Waals surface area contributed by atoms with Crippen molar-refractivity contribution in [2.45, 2.75) is 0 Å². The second-order valence-corrected chi connectivity index (χ2v) is 3.12. The summed E-state index contributed by atoms with van der Waals surface area (Å²) >= 11 is 0. The molecule has 1 aromatic heterocycles. The fourth-order valence-electron chi connectivity index (χ4n) is 1.34. The van der Waals surface area contributed by atoms with Crippen LogP contribution in [0, 0.1) is 0 Å². The zero-order valence-electron chi connectivity index (χ0n) is 8.64. The summed E-state index contributed by atoms with van der Waals surface area (Å²) in [6.07, 6.45) is -0.804. The van der Waals surface area contributed by atoms with Crippen LogP contribution >= 0.6 is 0 Å². The molecule has 1 aromatic carbocycles. The first-order valence-corrected chi connectivity index (χ1v) is 4.62. The molecule has 82 valence electrons. The number of carbonyl (C=O) groups is 1. The number of ether oxygens (including phenoxy) is 2. The van der Waals surface area contributed by atoms with Crippen molar-refractivity contribution in [2.75, 3.05) is 12.8 Å². The predicted octanol–water partition coefficient (Wildman–Crippen LogP) is 1.96. The van der Waals surface area contributed by atoms with Gasteiger partial charge >= 0.3 is 6.16 Å². The van der Waals surface area contributed by atoms with E-state index in [0.29, 0.717) is 11.2 Å². The molecule has 0 aliphatic rings. The highest BCUT2D eigenvalue weighted by atomic mass is 16.7. The third-order valence-electron chi connectivity index (χ3n) is 2.08. The minimum absolute atomic E-state index is 0.164. The molecule has 0 bridgehead atoms. The Morgan fingerprint density at radius 1 is 1.31 bits per heavy atom. The lowest BCUT2D eigenvalue weighted by atomic mass is 10.2. The lowest BCUT2D eigenvalue weighted by Crippen LogP contribution is -2.08. The molecular formula is C11H10N2O3. The monoisotopic (exact) mass is 218 g/mol. The average molecular weight is 218 g/mol. The molecule has 0 aliphatic heterocycles. The highest BCUT2D eigenvalue weighted by Crippen LogP contribution is 2.21. The molecule has 0 fully saturated rings. The maximum atomic E-state index is 10.9. The number of nitrogens with two attached hydrogens (primary N) is 1. The largest absolute Gasteiger partial charge is 0.514 e. The summed E-state index contributed by atoms with van der Waals surface area (Å²) in [5.74, 6) is 0.164. The quantitative estimate of drug-likeness (QED) is 0.585. The number of para-hydroxylation sites is 1. The molecule has 0 aliphatic carbocycles. The molecule has 2 N–H and O–H groups in total. The van der Waals surface area contributed by atoms with E-state index in [4.69, 9.17) is 10.5 Å². The summed E-state index contributed by atoms with van der Waals surface area (Å²) in [5.41, 5.74) is 6.89. The normalized spacial score (nSPS) is 10.1. The van der Waals surface area contributed by atoms with E-state index in [-0.39, 0.29) is 5.88 Å². The van der Waals surface area contributed by atoms with Crippen molar-refractivity contribution in [1.82, 2.24) is 4.98 Å². The number of benzene rings is 1. The lowest BCUT2D eigenvalue weighted by molar-refractivity contribution is 0.120. The standard InChI is InChI=1S/C11H10N2O3/c1-15-11(14)16-9-6-5-7-3-2-4-8(12)10(7)13-9/h2-6H,12H2,1H3. The zero-order valence-corrected chi connectivity index (χ0v) is 8.64. The predicted molar refractivity (Wildman–Crippen MR) is 59.2 cm³/mol. The maximum absolute atomic E-state index is 10.9. The Balaban J connectivity index is 2.43. The first-order chi connectivity index (χ1) is 7.70. The Kier molecular flexibility index (Phi) is 2.59. The summed E-state index contributed by atoms with van der Waals surface area (Å²) in [6.45, 7) is 0. The molecule has 0 saturated carbocycles. The number of nitrogens with zero attached hydrogens (tertiary/aromatic N) is 1. The summed E-state index contributed by atoms with van der Waals surface area (Å²) in [5, 5.41) is 0.886. The molecule has 16 heavy (non-hydrogen) atoms. The van der Waals surface area contributed by atoms with E-state index < -0.39 is 6.16 Å². The van der Waals surface area contributed by atoms with E-state index in [1.165, 1.54) is 7.11 Å². The lowest BCUT2D eigenvalue weighted by Gasteiger charge is -2.04. The number of aromatic nitrogens is 1. The van der Waals surface area contributed by atoms with E-state index in [1.807, 2.05) is 12.1 Å². The van der Waals surface area contributed by atoms with Gasteiger partial charge in [-0.25, -0.2) is 9.78 Å². The number of fused-ring (bicyclic) bond motifs is 1. The molecule has 1 heterocycles. The maximum Gasteiger partial charge on any atom is 0.514 e. The molecule has 0 unspecified atom stereocenters. The number of nitrogen functional groups attached to an aromatic ring is 1. The number of hydrogen-bond acceptors (Lipinski definition) is 5. The molecule has 0 spiro atoms. The number of rotatable bonds is 1. The van der Waals surface area contributed by atoms with Gasteiger partial charge in [-0.15, -0.1) is 0 Å². The van der Waals surface area contributed by atoms with Crippen LogP contribution in [-0.4, -0.2) is 18.2 Å². The van der Waals surface area contributed by atoms with E-state index in [2.05, 4.69) is 9.72 Å². The minimum atomic E-state index is -0.804. The van der Waals surface area contributed by atoms with Gasteiger partial charge in [0.05, 0.1) is 18.3 Å². The first kappa shape index (κ1) is 10.2. The summed E-state index contributed by atoms with van der Waals surface area (Å²) in [4.78, 5) is 15.0. The number of methoxy groups -OCH3 is 1. The Bertz CT molecular complexity index is 540. The molecular weight excluding hydrogens is 208 g/mol. The molecule has 5 nitrogen and oxygen atoms in total. The van der Waals surface area contributed by atoms with Crippen molar-refractivity contribution in [1.29, 1.82) is 0 Å². The fourth-order valence-corrected chi connectivity index (χ4v) is 1.34. The number of pyridine rings is 1. The third kappa shape index (κ3) is 1.88. The first-order valence-electron chi connectivity index (χ1n) is 4.62. The minimum Gasteiger partial charge on any atom is -0.437 e. The Morgan fingerprint density at radius 3 is 2.88 bits per heavy atom. The SMILES string of the molecule is COC(=O)Oc1ccc2cccc(N)c2n1. The Hall–Kier alpha value is -2.30. The van der Waals surface area contributed by atoms with Crippen LogP contribution in [-0.2, 0) is 4.74 Å². The third-order valence-corrected chi connectivity index (χ3v) is 2.08. The zero-order chi connectivity index (χ0) is 11.5. The molecule has 0 amide bonds. The van der Waals surface area contributed by atoms with E-state index >= 15 is 0 Å². The van der Waals surface area contributed by atoms with Gasteiger partial charge in [-0.05, 0) is 12.1 Å². The average Bonchev–Trinajstić information content (AvgIpc) is 2.30. The molecule has 0 saturated heterocycles. The van der Waals surface area contributed by atoms with Crippen molar-refractivity contribution in [3.63, 3.8) is 0 Å². The smallest absolute Gasteiger partial charge is 0.437 e. The number of carbonyl (C=O) groups excluding carboxylic acids is 1. The van der Waals surface area contributed by atoms with E-state index in [0.717, 1.165) is 5.39 Å². The van der Waals surface area contributed by atoms with Crippen molar-refractivity contribution < 1.29 is 14.3 Å². The number of anilines is 1. The van der Waals surface area contributed by atoms with Crippen LogP contribution in [0.3, 0.4) is 0 Å². The van der Waals surface area contributed by atoms with Gasteiger partial charge in [-0.2, -0.15) is 0 Å². The second-order valence-electron chi connectivity index (χ2n) is 3.12. The number of hydrogen-bond donors (Lipinski definition) is 1. The van der Waals surface area contributed by atoms with Crippen molar-refractivity contribution in [2.24, 2.45) is 0 Å². The summed E-state index contributed by atoms with van der Waals surface area (Å²) in [7, 11) is 1.23. The molecule has 5 heteroatoms. The van der Waals surface area contributed by atoms with Crippen LogP contribution < -0.4 is 10.5 Å². The summed E-state index contributed by atoms with van der Waals surface area (Å²) in [6, 6.07) is 8.80. The van der Waals surface area contributed by atoms with Crippen LogP contribution in [0.25, 0.3) is 10.9 Å². The Morgan fingerprint density at radius 2 is 2.12 bits per heavy atom. The van der Waals surface area contributed by atoms with Gasteiger partial charge in [0.15, 0.2) is 0 Å². The van der Waals surface area contributed by atoms with Gasteiger partial charge in [0.1, 0.15) is 0 Å². The fraction of sp³-hybridized carbons (Fsp3) is 0.0909. The van der Waals surface area contributed by atoms with Crippen LogP contribution in [0.4, 0.5) is 10.5 Å². The topological polar surface area (TPSA) is 74.4 Å². The van der Waals surface area contributed by atoms with Crippen LogP contribution in [0.1, 0.15) is 0 Å². The van der Waals surface area contributed by atoms with Crippen molar-refractivity contribution in [3.05, 3.63) is 30.3 Å². The van der Waals surface area contributed by atoms with Crippen LogP contribution in [0.5, 0.6) is 5.88 Å². The molecule has 2 aromatic rings. The van der Waals surface area contributed by atoms with Crippen LogP contribution in [0.2, 0.25) is 0 Å². The van der Waals surface area contributed by atoms with Crippen molar-refractivity contribution >= 4 is 22.7 Å². The van der Waals surface area contributed by atoms with E-state index in [9.17, 15) is 4.79 Å². The Labute approximate surface area is 91.8 Å². The molecule has 0 radical (unpaired) electrons. The highest BCUT2D eigenvalue weighted by molar-refractivity contribution is 5.89. The van der Waals surface area contributed by atoms with Gasteiger partial charge in [-0.3, -0.25) is 0 Å². The van der Waals surface area contributed by atoms with Gasteiger partial charge in [0.2, 0.25) is 5.88 Å². The van der Waals surface area contributed by atoms with Crippen molar-refractivity contribution in [3.8, 4) is 5.88 Å². The highest BCUT2D eigenvalue weighted by Gasteiger charge is 2.06. The second kappa shape index (κ2) is 4.06. The van der Waals surface area contributed by atoms with E-state index in [1.54, 1.807) is 18.2 Å². The van der Waals surface area contributed by atoms with Crippen LogP contribution in [0.15, 0.2) is 30.3 Å². The van der Waals surface area contributed by atoms with Gasteiger partial charge in [-0.1, -0.05) is 12.1 Å². The van der Waals surface area contributed by atoms with Gasteiger partial charge < -0.3 is 15.2 Å². The van der Waals surface area contributed by atoms with Gasteiger partial charge in [0, 0.05) is 11.5 Å². The summed E-state index contributed by atoms with van der Waals surface area (Å²) < 4.78 is 9.16. The van der Waals surface area contributed by atoms with Gasteiger partial charge in [0.25, 0.3) is 0 Å². The molecule has 0 atom stereocenters.